The lowest BCUT2D eigenvalue weighted by Gasteiger charge is -2.36. The number of nitrogens with one attached hydrogen (secondary N) is 2. The number of carbonyl (C=O) groups is 2. The Bertz CT molecular complexity index is 819. The zero-order chi connectivity index (χ0) is 38.2. The molecule has 0 bridgehead atoms. The van der Waals surface area contributed by atoms with Gasteiger partial charge in [-0.25, -0.2) is 0 Å². The van der Waals surface area contributed by atoms with Crippen LogP contribution in [0.15, 0.2) is 0 Å². The Kier molecular flexibility index (Phi) is 34.7. The van der Waals surface area contributed by atoms with Gasteiger partial charge >= 0.3 is 0 Å². The van der Waals surface area contributed by atoms with Gasteiger partial charge in [-0.15, -0.1) is 0 Å². The third-order valence-electron chi connectivity index (χ3n) is 9.45. The maximum absolute atomic E-state index is 12.0. The van der Waals surface area contributed by atoms with E-state index in [0.29, 0.717) is 12.8 Å². The van der Waals surface area contributed by atoms with Crippen LogP contribution in [-0.4, -0.2) is 91.9 Å². The summed E-state index contributed by atoms with van der Waals surface area (Å²) >= 11 is 0. The number of hydrogen-bond donors (Lipinski definition) is 2. The Balaban J connectivity index is -0.000000757. The molecule has 11 heteroatoms. The monoisotopic (exact) mass is 723 g/mol. The predicted molar refractivity (Wildman–Crippen MR) is 204 cm³/mol. The molecule has 0 saturated carbocycles. The van der Waals surface area contributed by atoms with E-state index in [0.717, 1.165) is 47.7 Å². The zero-order valence-electron chi connectivity index (χ0n) is 33.9. The molecular weight excluding hydrogens is 641 g/mol. The third-order valence-corrected chi connectivity index (χ3v) is 9.45. The molecule has 10 nitrogen and oxygen atoms in total. The van der Waals surface area contributed by atoms with Gasteiger partial charge in [0.15, 0.2) is 12.3 Å². The Morgan fingerprint density at radius 1 is 0.490 bits per heavy atom. The van der Waals surface area contributed by atoms with E-state index in [1.165, 1.54) is 103 Å². The fourth-order valence-electron chi connectivity index (χ4n) is 5.69. The highest BCUT2D eigenvalue weighted by molar-refractivity contribution is 7.79. The molecule has 0 radical (unpaired) electrons. The molecule has 49 heavy (non-hydrogen) atoms. The molecular formula is C38H82N4O6S. The third kappa shape index (κ3) is 39.4. The van der Waals surface area contributed by atoms with Gasteiger partial charge in [0.05, 0.1) is 41.3 Å². The van der Waals surface area contributed by atoms with Crippen molar-refractivity contribution in [1.82, 2.24) is 10.6 Å². The topological polar surface area (TPSA) is 138 Å². The first-order valence-corrected chi connectivity index (χ1v) is 21.1. The van der Waals surface area contributed by atoms with Crippen LogP contribution in [0.2, 0.25) is 0 Å². The maximum Gasteiger partial charge on any atom is 0.224 e. The van der Waals surface area contributed by atoms with Crippen LogP contribution in [0.25, 0.3) is 0 Å². The second-order valence-electron chi connectivity index (χ2n) is 15.1. The molecule has 0 aromatic rings. The Morgan fingerprint density at radius 2 is 0.714 bits per heavy atom. The lowest BCUT2D eigenvalue weighted by Crippen LogP contribution is -2.56. The van der Waals surface area contributed by atoms with Gasteiger partial charge in [0.1, 0.15) is 0 Å². The van der Waals surface area contributed by atoms with E-state index in [4.69, 9.17) is 17.5 Å². The fourth-order valence-corrected chi connectivity index (χ4v) is 5.69. The first-order valence-electron chi connectivity index (χ1n) is 19.8. The lowest BCUT2D eigenvalue weighted by molar-refractivity contribution is -0.915. The number of unbranched alkanes of at least 4 members (excludes halogenated alkanes) is 16. The normalized spacial score (nSPS) is 13.0. The quantitative estimate of drug-likeness (QED) is 0.0274. The average Bonchev–Trinajstić information content (AvgIpc) is 2.98. The average molecular weight is 723 g/mol. The summed E-state index contributed by atoms with van der Waals surface area (Å²) in [6.45, 7) is 15.3. The van der Waals surface area contributed by atoms with Crippen LogP contribution in [0.5, 0.6) is 0 Å². The maximum atomic E-state index is 12.0. The van der Waals surface area contributed by atoms with E-state index in [-0.39, 0.29) is 24.1 Å². The predicted octanol–water partition coefficient (Wildman–Crippen LogP) is 8.37. The van der Waals surface area contributed by atoms with Crippen molar-refractivity contribution in [2.45, 2.75) is 195 Å². The summed E-state index contributed by atoms with van der Waals surface area (Å²) in [5, 5.41) is 6.33. The smallest absolute Gasteiger partial charge is 0.224 e. The molecule has 2 unspecified atom stereocenters. The molecule has 2 atom stereocenters. The molecule has 0 aliphatic rings. The van der Waals surface area contributed by atoms with Crippen LogP contribution < -0.4 is 10.6 Å². The van der Waals surface area contributed by atoms with Gasteiger partial charge in [-0.1, -0.05) is 130 Å². The van der Waals surface area contributed by atoms with E-state index in [1.54, 1.807) is 0 Å². The van der Waals surface area contributed by atoms with Crippen LogP contribution >= 0.6 is 0 Å². The number of hydrogen-bond acceptors (Lipinski definition) is 6. The van der Waals surface area contributed by atoms with Crippen LogP contribution in [-0.2, 0) is 20.0 Å². The summed E-state index contributed by atoms with van der Waals surface area (Å²) in [4.78, 5) is 24.0. The van der Waals surface area contributed by atoms with Crippen molar-refractivity contribution in [1.29, 1.82) is 0 Å². The first-order chi connectivity index (χ1) is 22.9. The van der Waals surface area contributed by atoms with Crippen molar-refractivity contribution in [3.8, 4) is 0 Å². The first kappa shape index (κ1) is 52.1. The Morgan fingerprint density at radius 3 is 0.939 bits per heavy atom. The highest BCUT2D eigenvalue weighted by Gasteiger charge is 2.25. The Labute approximate surface area is 304 Å². The summed E-state index contributed by atoms with van der Waals surface area (Å²) in [5.74, 6) is 0.440. The number of amides is 2. The van der Waals surface area contributed by atoms with Crippen molar-refractivity contribution >= 4 is 22.2 Å². The van der Waals surface area contributed by atoms with E-state index < -0.39 is 10.4 Å². The van der Waals surface area contributed by atoms with Gasteiger partial charge in [0, 0.05) is 37.1 Å². The van der Waals surface area contributed by atoms with Gasteiger partial charge in [0.25, 0.3) is 0 Å². The largest absolute Gasteiger partial charge is 0.759 e. The van der Waals surface area contributed by atoms with Gasteiger partial charge < -0.3 is 28.7 Å². The molecule has 0 spiro atoms. The molecule has 0 fully saturated rings. The molecule has 296 valence electrons. The minimum atomic E-state index is -5.17. The Hall–Kier alpha value is -1.27. The second-order valence-corrected chi connectivity index (χ2v) is 15.9. The lowest BCUT2D eigenvalue weighted by atomic mass is 10.1. The minimum absolute atomic E-state index is 0.200. The van der Waals surface area contributed by atoms with Crippen LogP contribution in [0, 0.1) is 0 Å². The zero-order valence-corrected chi connectivity index (χ0v) is 34.7. The van der Waals surface area contributed by atoms with Gasteiger partial charge in [-0.3, -0.25) is 18.0 Å². The number of nitrogens with zero attached hydrogens (tertiary/aromatic N) is 2. The number of carbonyl (C=O) groups excluding carboxylic acids is 2. The molecule has 2 N–H and O–H groups in total. The summed E-state index contributed by atoms with van der Waals surface area (Å²) < 4.78 is 35.8. The van der Waals surface area contributed by atoms with Crippen molar-refractivity contribution < 1.29 is 36.1 Å². The van der Waals surface area contributed by atoms with E-state index in [2.05, 4.69) is 80.4 Å². The van der Waals surface area contributed by atoms with Crippen molar-refractivity contribution in [3.63, 3.8) is 0 Å². The number of quaternary nitrogens is 2. The molecule has 0 aromatic heterocycles. The van der Waals surface area contributed by atoms with Crippen molar-refractivity contribution in [3.05, 3.63) is 0 Å². The summed E-state index contributed by atoms with van der Waals surface area (Å²) in [6, 6.07) is 0. The molecule has 0 heterocycles. The number of rotatable bonds is 28. The molecule has 0 rings (SSSR count). The summed E-state index contributed by atoms with van der Waals surface area (Å²) in [6.07, 6.45) is 27.5. The minimum Gasteiger partial charge on any atom is -0.759 e. The van der Waals surface area contributed by atoms with E-state index in [9.17, 15) is 9.59 Å². The van der Waals surface area contributed by atoms with Crippen LogP contribution in [0.1, 0.15) is 183 Å². The summed E-state index contributed by atoms with van der Waals surface area (Å²) in [5.41, 5.74) is 0. The molecule has 0 saturated heterocycles. The van der Waals surface area contributed by atoms with Crippen molar-refractivity contribution in [2.75, 3.05) is 41.3 Å². The van der Waals surface area contributed by atoms with E-state index in [1.807, 2.05) is 0 Å². The van der Waals surface area contributed by atoms with Gasteiger partial charge in [-0.2, -0.15) is 0 Å². The molecule has 2 amide bonds. The standard InChI is InChI=1S/2C19H40N2O.H2O4S/c2*1-6-8-9-10-11-12-13-14-15-16-19(22)20-18(3)21(4,5)17-7-2;1-5(2,3)4/h2*18H,6-17H2,1-5H3;(H2,1,2,3,4). The molecule has 0 aliphatic carbocycles. The van der Waals surface area contributed by atoms with Gasteiger partial charge in [0.2, 0.25) is 11.8 Å². The SMILES string of the molecule is CCCCCCCCCCCC(=O)NC(C)[N+](C)(C)CCC.CCCCCCCCCCCC(=O)NC(C)[N+](C)(C)CCC.O=S(=O)([O-])[O-]. The summed E-state index contributed by atoms with van der Waals surface area (Å²) in [7, 11) is 3.58. The van der Waals surface area contributed by atoms with Crippen molar-refractivity contribution in [2.24, 2.45) is 0 Å². The molecule has 0 aromatic carbocycles. The van der Waals surface area contributed by atoms with Crippen LogP contribution in [0.3, 0.4) is 0 Å². The fraction of sp³-hybridized carbons (Fsp3) is 0.947. The van der Waals surface area contributed by atoms with E-state index >= 15 is 0 Å². The second kappa shape index (κ2) is 32.6. The highest BCUT2D eigenvalue weighted by Crippen LogP contribution is 2.13. The van der Waals surface area contributed by atoms with Crippen LogP contribution in [0.4, 0.5) is 0 Å². The molecule has 0 aliphatic heterocycles. The highest BCUT2D eigenvalue weighted by atomic mass is 32.3. The van der Waals surface area contributed by atoms with Gasteiger partial charge in [-0.05, 0) is 25.7 Å².